The van der Waals surface area contributed by atoms with Gasteiger partial charge in [-0.2, -0.15) is 0 Å². The Balaban J connectivity index is 1.45. The molecule has 0 aliphatic heterocycles. The lowest BCUT2D eigenvalue weighted by atomic mass is 10.2. The van der Waals surface area contributed by atoms with Gasteiger partial charge in [0.25, 0.3) is 15.9 Å². The number of benzene rings is 3. The van der Waals surface area contributed by atoms with Crippen molar-refractivity contribution in [3.63, 3.8) is 0 Å². The third-order valence-corrected chi connectivity index (χ3v) is 7.15. The van der Waals surface area contributed by atoms with E-state index in [0.29, 0.717) is 11.5 Å². The second-order valence-electron chi connectivity index (χ2n) is 7.33. The third kappa shape index (κ3) is 4.87. The van der Waals surface area contributed by atoms with Gasteiger partial charge in [0.2, 0.25) is 5.91 Å². The number of nitrogens with zero attached hydrogens (tertiary/aromatic N) is 2. The number of halogens is 1. The summed E-state index contributed by atoms with van der Waals surface area (Å²) in [5, 5.41) is 0.0327. The largest absolute Gasteiger partial charge is 0.342 e. The van der Waals surface area contributed by atoms with E-state index >= 15 is 0 Å². The number of aromatic nitrogens is 2. The van der Waals surface area contributed by atoms with Gasteiger partial charge in [0.1, 0.15) is 5.82 Å². The summed E-state index contributed by atoms with van der Waals surface area (Å²) in [6.07, 6.45) is -0.0982. The van der Waals surface area contributed by atoms with Crippen molar-refractivity contribution in [3.05, 3.63) is 89.2 Å². The number of hydrazine groups is 1. The topological polar surface area (TPSA) is 124 Å². The van der Waals surface area contributed by atoms with Crippen LogP contribution in [0, 0.1) is 0 Å². The van der Waals surface area contributed by atoms with Gasteiger partial charge >= 0.3 is 0 Å². The number of aromatic amines is 1. The standard InChI is InChI=1S/C23H20ClN5O4S/c1-29(15-7-3-2-4-8-15)34(32,33)16-11-12-18(24)17(13-16)23(31)28-27-22(30)14-21-25-19-9-5-6-10-20(19)26-21/h2-13H,14H2,1H3,(H,25,26)(H,27,30)(H,28,31). The number of hydrogen-bond donors (Lipinski definition) is 3. The van der Waals surface area contributed by atoms with Crippen LogP contribution in [0.25, 0.3) is 11.0 Å². The second-order valence-corrected chi connectivity index (χ2v) is 9.71. The first-order valence-electron chi connectivity index (χ1n) is 10.1. The van der Waals surface area contributed by atoms with Gasteiger partial charge in [0.15, 0.2) is 0 Å². The quantitative estimate of drug-likeness (QED) is 0.353. The first-order chi connectivity index (χ1) is 16.3. The summed E-state index contributed by atoms with van der Waals surface area (Å²) < 4.78 is 27.2. The number of carbonyl (C=O) groups is 2. The molecule has 0 spiro atoms. The summed E-state index contributed by atoms with van der Waals surface area (Å²) in [5.74, 6) is -0.846. The van der Waals surface area contributed by atoms with Crippen molar-refractivity contribution in [2.24, 2.45) is 0 Å². The molecule has 11 heteroatoms. The van der Waals surface area contributed by atoms with E-state index in [2.05, 4.69) is 20.8 Å². The van der Waals surface area contributed by atoms with Crippen molar-refractivity contribution in [2.45, 2.75) is 11.3 Å². The fourth-order valence-corrected chi connectivity index (χ4v) is 4.68. The Morgan fingerprint density at radius 1 is 1.00 bits per heavy atom. The number of nitrogens with one attached hydrogen (secondary N) is 3. The number of fused-ring (bicyclic) bond motifs is 1. The molecule has 0 saturated carbocycles. The molecule has 34 heavy (non-hydrogen) atoms. The zero-order valence-electron chi connectivity index (χ0n) is 17.9. The second kappa shape index (κ2) is 9.54. The normalized spacial score (nSPS) is 11.2. The van der Waals surface area contributed by atoms with Crippen LogP contribution in [0.5, 0.6) is 0 Å². The van der Waals surface area contributed by atoms with Gasteiger partial charge in [-0.25, -0.2) is 13.4 Å². The highest BCUT2D eigenvalue weighted by atomic mass is 35.5. The number of imidazole rings is 1. The number of sulfonamides is 1. The lowest BCUT2D eigenvalue weighted by Gasteiger charge is -2.20. The van der Waals surface area contributed by atoms with E-state index in [1.165, 1.54) is 19.2 Å². The number of amides is 2. The maximum atomic E-state index is 13.0. The number of carbonyl (C=O) groups excluding carboxylic acids is 2. The van der Waals surface area contributed by atoms with Crippen LogP contribution in [0.15, 0.2) is 77.7 Å². The van der Waals surface area contributed by atoms with Crippen molar-refractivity contribution in [3.8, 4) is 0 Å². The van der Waals surface area contributed by atoms with E-state index in [9.17, 15) is 18.0 Å². The predicted molar refractivity (Wildman–Crippen MR) is 129 cm³/mol. The molecule has 1 aromatic heterocycles. The molecule has 0 radical (unpaired) electrons. The molecule has 3 N–H and O–H groups in total. The molecule has 0 aliphatic carbocycles. The van der Waals surface area contributed by atoms with Crippen LogP contribution in [-0.4, -0.2) is 37.2 Å². The van der Waals surface area contributed by atoms with Crippen LogP contribution in [0.1, 0.15) is 16.2 Å². The van der Waals surface area contributed by atoms with Gasteiger partial charge in [-0.05, 0) is 42.5 Å². The van der Waals surface area contributed by atoms with Crippen LogP contribution in [0.2, 0.25) is 5.02 Å². The molecule has 0 bridgehead atoms. The monoisotopic (exact) mass is 497 g/mol. The molecule has 0 atom stereocenters. The summed E-state index contributed by atoms with van der Waals surface area (Å²) in [5.41, 5.74) is 6.42. The number of hydrogen-bond acceptors (Lipinski definition) is 5. The number of anilines is 1. The van der Waals surface area contributed by atoms with E-state index in [4.69, 9.17) is 11.6 Å². The van der Waals surface area contributed by atoms with Gasteiger partial charge in [-0.3, -0.25) is 24.7 Å². The summed E-state index contributed by atoms with van der Waals surface area (Å²) in [6.45, 7) is 0. The van der Waals surface area contributed by atoms with Gasteiger partial charge < -0.3 is 4.98 Å². The smallest absolute Gasteiger partial charge is 0.271 e. The van der Waals surface area contributed by atoms with Gasteiger partial charge in [-0.15, -0.1) is 0 Å². The Morgan fingerprint density at radius 2 is 1.71 bits per heavy atom. The number of H-pyrrole nitrogens is 1. The first kappa shape index (κ1) is 23.3. The van der Waals surface area contributed by atoms with Crippen molar-refractivity contribution in [1.82, 2.24) is 20.8 Å². The Morgan fingerprint density at radius 3 is 2.44 bits per heavy atom. The van der Waals surface area contributed by atoms with E-state index < -0.39 is 21.8 Å². The lowest BCUT2D eigenvalue weighted by Crippen LogP contribution is -2.42. The summed E-state index contributed by atoms with van der Waals surface area (Å²) in [4.78, 5) is 32.1. The average molecular weight is 498 g/mol. The molecule has 4 aromatic rings. The zero-order valence-corrected chi connectivity index (χ0v) is 19.5. The fourth-order valence-electron chi connectivity index (χ4n) is 3.25. The summed E-state index contributed by atoms with van der Waals surface area (Å²) in [7, 11) is -2.54. The molecule has 174 valence electrons. The highest BCUT2D eigenvalue weighted by molar-refractivity contribution is 7.92. The SMILES string of the molecule is CN(c1ccccc1)S(=O)(=O)c1ccc(Cl)c(C(=O)NNC(=O)Cc2nc3ccccc3[nH]2)c1. The number of para-hydroxylation sites is 3. The predicted octanol–water partition coefficient (Wildman–Crippen LogP) is 3.05. The average Bonchev–Trinajstić information content (AvgIpc) is 3.25. The molecule has 0 fully saturated rings. The van der Waals surface area contributed by atoms with E-state index in [-0.39, 0.29) is 21.9 Å². The third-order valence-electron chi connectivity index (χ3n) is 5.04. The van der Waals surface area contributed by atoms with E-state index in [1.54, 1.807) is 30.3 Å². The molecule has 0 aliphatic rings. The van der Waals surface area contributed by atoms with Crippen LogP contribution < -0.4 is 15.2 Å². The van der Waals surface area contributed by atoms with Crippen LogP contribution in [-0.2, 0) is 21.2 Å². The molecule has 4 rings (SSSR count). The molecule has 9 nitrogen and oxygen atoms in total. The molecule has 0 unspecified atom stereocenters. The molecular weight excluding hydrogens is 478 g/mol. The van der Waals surface area contributed by atoms with Crippen molar-refractivity contribution in [2.75, 3.05) is 11.4 Å². The van der Waals surface area contributed by atoms with Crippen molar-refractivity contribution in [1.29, 1.82) is 0 Å². The summed E-state index contributed by atoms with van der Waals surface area (Å²) in [6, 6.07) is 19.6. The van der Waals surface area contributed by atoms with Gasteiger partial charge in [0, 0.05) is 7.05 Å². The first-order valence-corrected chi connectivity index (χ1v) is 11.9. The fraction of sp³-hybridized carbons (Fsp3) is 0.0870. The minimum Gasteiger partial charge on any atom is -0.342 e. The maximum absolute atomic E-state index is 13.0. The lowest BCUT2D eigenvalue weighted by molar-refractivity contribution is -0.121. The van der Waals surface area contributed by atoms with E-state index in [1.807, 2.05) is 24.3 Å². The van der Waals surface area contributed by atoms with Crippen LogP contribution >= 0.6 is 11.6 Å². The maximum Gasteiger partial charge on any atom is 0.271 e. The minimum absolute atomic E-state index is 0.0327. The molecule has 1 heterocycles. The minimum atomic E-state index is -3.95. The van der Waals surface area contributed by atoms with E-state index in [0.717, 1.165) is 21.4 Å². The Kier molecular flexibility index (Phi) is 6.53. The molecular formula is C23H20ClN5O4S. The van der Waals surface area contributed by atoms with Crippen molar-refractivity contribution >= 4 is 50.2 Å². The van der Waals surface area contributed by atoms with Crippen LogP contribution in [0.3, 0.4) is 0 Å². The molecule has 3 aromatic carbocycles. The van der Waals surface area contributed by atoms with Gasteiger partial charge in [-0.1, -0.05) is 41.9 Å². The Labute approximate surface area is 200 Å². The Bertz CT molecular complexity index is 1440. The molecule has 2 amide bonds. The van der Waals surface area contributed by atoms with Gasteiger partial charge in [0.05, 0.1) is 38.6 Å². The molecule has 0 saturated heterocycles. The van der Waals surface area contributed by atoms with Crippen molar-refractivity contribution < 1.29 is 18.0 Å². The number of rotatable bonds is 6. The zero-order chi connectivity index (χ0) is 24.3. The van der Waals surface area contributed by atoms with Crippen LogP contribution in [0.4, 0.5) is 5.69 Å². The Hall–Kier alpha value is -3.89. The summed E-state index contributed by atoms with van der Waals surface area (Å²) >= 11 is 6.13. The highest BCUT2D eigenvalue weighted by Gasteiger charge is 2.24. The highest BCUT2D eigenvalue weighted by Crippen LogP contribution is 2.25.